The van der Waals surface area contributed by atoms with Crippen LogP contribution >= 0.6 is 0 Å². The lowest BCUT2D eigenvalue weighted by atomic mass is 9.52. The molecule has 0 bridgehead atoms. The Morgan fingerprint density at radius 2 is 1.95 bits per heavy atom. The Balaban J connectivity index is 1.69. The van der Waals surface area contributed by atoms with Gasteiger partial charge in [-0.15, -0.1) is 0 Å². The van der Waals surface area contributed by atoms with Crippen molar-refractivity contribution in [1.82, 2.24) is 0 Å². The van der Waals surface area contributed by atoms with Gasteiger partial charge in [0, 0.05) is 0 Å². The van der Waals surface area contributed by atoms with E-state index in [4.69, 9.17) is 0 Å². The summed E-state index contributed by atoms with van der Waals surface area (Å²) in [7, 11) is 0. The Bertz CT molecular complexity index is 585. The second kappa shape index (κ2) is 4.91. The lowest BCUT2D eigenvalue weighted by molar-refractivity contribution is -0.139. The maximum atomic E-state index is 12.5. The van der Waals surface area contributed by atoms with Crippen molar-refractivity contribution < 1.29 is 9.59 Å². The van der Waals surface area contributed by atoms with E-state index in [1.54, 1.807) is 0 Å². The van der Waals surface area contributed by atoms with Gasteiger partial charge in [-0.3, -0.25) is 9.59 Å². The molecule has 2 nitrogen and oxygen atoms in total. The zero-order valence-corrected chi connectivity index (χ0v) is 13.7. The molecule has 0 aliphatic heterocycles. The maximum Gasteiger partial charge on any atom is 0.222 e. The molecule has 2 heteroatoms. The standard InChI is InChI=1S/C20H26O2/c1-3-13-6-8-16-14-7-4-12-5-9-17(21)19(22)18(12)15(14)10-11-20(13,16)2/h4-5,9,13-16,18H,3,6-8,10-11H2,1-2H3/t13-,14+,15-,16-,18-,20+/m0/s1. The highest BCUT2D eigenvalue weighted by molar-refractivity contribution is 6.44. The molecular weight excluding hydrogens is 272 g/mol. The predicted octanol–water partition coefficient (Wildman–Crippen LogP) is 4.11. The smallest absolute Gasteiger partial charge is 0.222 e. The van der Waals surface area contributed by atoms with Crippen molar-refractivity contribution in [3.05, 3.63) is 23.8 Å². The highest BCUT2D eigenvalue weighted by atomic mass is 16.2. The van der Waals surface area contributed by atoms with Crippen molar-refractivity contribution >= 4 is 11.6 Å². The molecule has 118 valence electrons. The third-order valence-corrected chi connectivity index (χ3v) is 7.55. The molecule has 0 aromatic rings. The molecule has 0 aromatic carbocycles. The topological polar surface area (TPSA) is 34.1 Å². The predicted molar refractivity (Wildman–Crippen MR) is 86.2 cm³/mol. The molecule has 6 atom stereocenters. The molecule has 2 fully saturated rings. The van der Waals surface area contributed by atoms with Gasteiger partial charge in [-0.1, -0.05) is 32.4 Å². The highest BCUT2D eigenvalue weighted by Crippen LogP contribution is 2.63. The first-order valence-corrected chi connectivity index (χ1v) is 9.02. The van der Waals surface area contributed by atoms with E-state index in [2.05, 4.69) is 19.9 Å². The number of rotatable bonds is 1. The molecule has 0 aromatic heterocycles. The van der Waals surface area contributed by atoms with E-state index in [0.29, 0.717) is 17.3 Å². The quantitative estimate of drug-likeness (QED) is 0.683. The maximum absolute atomic E-state index is 12.5. The fraction of sp³-hybridized carbons (Fsp3) is 0.700. The number of hydrogen-bond acceptors (Lipinski definition) is 2. The van der Waals surface area contributed by atoms with Gasteiger partial charge in [-0.05, 0) is 72.8 Å². The summed E-state index contributed by atoms with van der Waals surface area (Å²) in [5, 5.41) is 0. The molecule has 2 saturated carbocycles. The fourth-order valence-corrected chi connectivity index (χ4v) is 6.42. The summed E-state index contributed by atoms with van der Waals surface area (Å²) in [4.78, 5) is 24.3. The van der Waals surface area contributed by atoms with Gasteiger partial charge in [-0.2, -0.15) is 0 Å². The second-order valence-corrected chi connectivity index (χ2v) is 8.14. The highest BCUT2D eigenvalue weighted by Gasteiger charge is 2.56. The summed E-state index contributed by atoms with van der Waals surface area (Å²) >= 11 is 0. The Hall–Kier alpha value is -1.18. The van der Waals surface area contributed by atoms with Crippen molar-refractivity contribution in [2.24, 2.45) is 35.0 Å². The number of allylic oxidation sites excluding steroid dienone is 4. The minimum Gasteiger partial charge on any atom is -0.290 e. The van der Waals surface area contributed by atoms with Crippen molar-refractivity contribution in [2.45, 2.75) is 52.4 Å². The van der Waals surface area contributed by atoms with Gasteiger partial charge in [0.25, 0.3) is 0 Å². The Morgan fingerprint density at radius 3 is 2.73 bits per heavy atom. The molecule has 0 saturated heterocycles. The van der Waals surface area contributed by atoms with Crippen molar-refractivity contribution in [3.8, 4) is 0 Å². The monoisotopic (exact) mass is 298 g/mol. The minimum absolute atomic E-state index is 0.124. The Kier molecular flexibility index (Phi) is 3.22. The number of hydrogen-bond donors (Lipinski definition) is 0. The molecule has 0 spiro atoms. The van der Waals surface area contributed by atoms with E-state index >= 15 is 0 Å². The van der Waals surface area contributed by atoms with Gasteiger partial charge in [0.1, 0.15) is 0 Å². The summed E-state index contributed by atoms with van der Waals surface area (Å²) in [5.41, 5.74) is 1.60. The third-order valence-electron chi connectivity index (χ3n) is 7.55. The molecule has 0 heterocycles. The fourth-order valence-electron chi connectivity index (χ4n) is 6.42. The SMILES string of the molecule is CC[C@H]1CC[C@H]2[C@@H]3CC=C4C=CC(=O)C(=O)[C@@H]4[C@H]3CC[C@]12C. The van der Waals surface area contributed by atoms with Gasteiger partial charge in [0.2, 0.25) is 11.6 Å². The molecule has 4 rings (SSSR count). The normalized spacial score (nSPS) is 46.8. The summed E-state index contributed by atoms with van der Waals surface area (Å²) in [6.45, 7) is 4.83. The summed E-state index contributed by atoms with van der Waals surface area (Å²) in [6, 6.07) is 0. The minimum atomic E-state index is -0.283. The third kappa shape index (κ3) is 1.79. The van der Waals surface area contributed by atoms with Crippen LogP contribution in [0.4, 0.5) is 0 Å². The largest absolute Gasteiger partial charge is 0.290 e. The Labute approximate surface area is 133 Å². The number of ketones is 2. The van der Waals surface area contributed by atoms with Gasteiger partial charge in [0.15, 0.2) is 0 Å². The molecule has 0 amide bonds. The number of carbonyl (C=O) groups excluding carboxylic acids is 2. The first-order chi connectivity index (χ1) is 10.6. The first-order valence-electron chi connectivity index (χ1n) is 9.02. The van der Waals surface area contributed by atoms with E-state index < -0.39 is 0 Å². The average molecular weight is 298 g/mol. The lowest BCUT2D eigenvalue weighted by Crippen LogP contribution is -2.48. The number of Topliss-reactive ketones (excluding diaryl/α,β-unsaturated/α-hetero) is 1. The molecule has 0 radical (unpaired) electrons. The molecule has 0 N–H and O–H groups in total. The van der Waals surface area contributed by atoms with Crippen molar-refractivity contribution in [1.29, 1.82) is 0 Å². The van der Waals surface area contributed by atoms with Crippen LogP contribution in [0.1, 0.15) is 52.4 Å². The van der Waals surface area contributed by atoms with Crippen LogP contribution in [0.25, 0.3) is 0 Å². The molecular formula is C20H26O2. The summed E-state index contributed by atoms with van der Waals surface area (Å²) in [6.07, 6.45) is 13.1. The number of fused-ring (bicyclic) bond motifs is 5. The number of carbonyl (C=O) groups is 2. The molecule has 0 unspecified atom stereocenters. The van der Waals surface area contributed by atoms with Gasteiger partial charge >= 0.3 is 0 Å². The van der Waals surface area contributed by atoms with Crippen LogP contribution in [0.3, 0.4) is 0 Å². The molecule has 4 aliphatic rings. The van der Waals surface area contributed by atoms with E-state index in [1.165, 1.54) is 31.8 Å². The van der Waals surface area contributed by atoms with Crippen LogP contribution < -0.4 is 0 Å². The summed E-state index contributed by atoms with van der Waals surface area (Å²) < 4.78 is 0. The van der Waals surface area contributed by atoms with Crippen molar-refractivity contribution in [2.75, 3.05) is 0 Å². The summed E-state index contributed by atoms with van der Waals surface area (Å²) in [5.74, 6) is 2.09. The van der Waals surface area contributed by atoms with E-state index in [1.807, 2.05) is 6.08 Å². The van der Waals surface area contributed by atoms with Gasteiger partial charge < -0.3 is 0 Å². The van der Waals surface area contributed by atoms with E-state index in [9.17, 15) is 9.59 Å². The van der Waals surface area contributed by atoms with Crippen LogP contribution in [0.15, 0.2) is 23.8 Å². The van der Waals surface area contributed by atoms with Crippen LogP contribution in [-0.4, -0.2) is 11.6 Å². The van der Waals surface area contributed by atoms with E-state index in [-0.39, 0.29) is 17.5 Å². The van der Waals surface area contributed by atoms with Gasteiger partial charge in [0.05, 0.1) is 5.92 Å². The zero-order chi connectivity index (χ0) is 15.5. The van der Waals surface area contributed by atoms with Crippen LogP contribution in [0, 0.1) is 35.0 Å². The zero-order valence-electron chi connectivity index (χ0n) is 13.7. The first kappa shape index (κ1) is 14.4. The van der Waals surface area contributed by atoms with Crippen molar-refractivity contribution in [3.63, 3.8) is 0 Å². The van der Waals surface area contributed by atoms with Crippen LogP contribution in [0.2, 0.25) is 0 Å². The Morgan fingerprint density at radius 1 is 1.14 bits per heavy atom. The van der Waals surface area contributed by atoms with Crippen LogP contribution in [-0.2, 0) is 9.59 Å². The molecule has 4 aliphatic carbocycles. The molecule has 22 heavy (non-hydrogen) atoms. The van der Waals surface area contributed by atoms with E-state index in [0.717, 1.165) is 30.3 Å². The average Bonchev–Trinajstić information content (AvgIpc) is 2.87. The second-order valence-electron chi connectivity index (χ2n) is 8.14. The van der Waals surface area contributed by atoms with Crippen LogP contribution in [0.5, 0.6) is 0 Å². The lowest BCUT2D eigenvalue weighted by Gasteiger charge is -2.52. The van der Waals surface area contributed by atoms with Gasteiger partial charge in [-0.25, -0.2) is 0 Å².